The Kier molecular flexibility index (Phi) is 5.91. The first-order valence-electron chi connectivity index (χ1n) is 8.80. The summed E-state index contributed by atoms with van der Waals surface area (Å²) in [7, 11) is 1.29. The molecule has 2 atom stereocenters. The Hall–Kier alpha value is -2.67. The van der Waals surface area contributed by atoms with Gasteiger partial charge in [-0.3, -0.25) is 4.79 Å². The fourth-order valence-electron chi connectivity index (χ4n) is 3.52. The number of carboxylic acids is 1. The van der Waals surface area contributed by atoms with Crippen LogP contribution in [0.15, 0.2) is 35.7 Å². The molecule has 3 rings (SSSR count). The second kappa shape index (κ2) is 8.35. The zero-order valence-corrected chi connectivity index (χ0v) is 15.7. The van der Waals surface area contributed by atoms with E-state index in [1.54, 1.807) is 5.38 Å². The van der Waals surface area contributed by atoms with Crippen LogP contribution in [0.3, 0.4) is 0 Å². The van der Waals surface area contributed by atoms with Crippen LogP contribution < -0.4 is 10.4 Å². The van der Waals surface area contributed by atoms with E-state index >= 15 is 0 Å². The Morgan fingerprint density at radius 3 is 2.41 bits per heavy atom. The first kappa shape index (κ1) is 19.1. The van der Waals surface area contributed by atoms with Crippen LogP contribution in [0.25, 0.3) is 11.1 Å². The zero-order chi connectivity index (χ0) is 19.4. The summed E-state index contributed by atoms with van der Waals surface area (Å²) in [6, 6.07) is 9.33. The fraction of sp³-hybridized carbons (Fsp3) is 0.350. The van der Waals surface area contributed by atoms with Crippen molar-refractivity contribution < 1.29 is 24.2 Å². The summed E-state index contributed by atoms with van der Waals surface area (Å²) >= 11 is 1.22. The van der Waals surface area contributed by atoms with Crippen molar-refractivity contribution in [2.75, 3.05) is 12.4 Å². The zero-order valence-electron chi connectivity index (χ0n) is 14.9. The molecule has 0 saturated heterocycles. The molecule has 142 valence electrons. The smallest absolute Gasteiger partial charge is 0.341 e. The highest BCUT2D eigenvalue weighted by Gasteiger charge is 2.33. The van der Waals surface area contributed by atoms with Gasteiger partial charge in [0.15, 0.2) is 0 Å². The monoisotopic (exact) mass is 386 g/mol. The average molecular weight is 386 g/mol. The van der Waals surface area contributed by atoms with Gasteiger partial charge in [-0.15, -0.1) is 11.3 Å². The van der Waals surface area contributed by atoms with Crippen LogP contribution in [0.1, 0.15) is 36.0 Å². The summed E-state index contributed by atoms with van der Waals surface area (Å²) in [5.74, 6) is -3.59. The number of carbonyl (C=O) groups is 3. The predicted molar refractivity (Wildman–Crippen MR) is 100 cm³/mol. The van der Waals surface area contributed by atoms with Crippen molar-refractivity contribution in [1.82, 2.24) is 0 Å². The Labute approximate surface area is 161 Å². The Morgan fingerprint density at radius 1 is 1.11 bits per heavy atom. The third kappa shape index (κ3) is 4.03. The fourth-order valence-corrected chi connectivity index (χ4v) is 4.48. The number of hydrogen-bond acceptors (Lipinski definition) is 6. The molecule has 7 heteroatoms. The van der Waals surface area contributed by atoms with Crippen LogP contribution in [-0.4, -0.2) is 25.0 Å². The van der Waals surface area contributed by atoms with E-state index in [4.69, 9.17) is 4.74 Å². The van der Waals surface area contributed by atoms with Crippen molar-refractivity contribution in [2.24, 2.45) is 11.8 Å². The van der Waals surface area contributed by atoms with Crippen LogP contribution >= 0.6 is 11.3 Å². The van der Waals surface area contributed by atoms with Crippen LogP contribution in [-0.2, 0) is 14.3 Å². The molecule has 1 amide bonds. The highest BCUT2D eigenvalue weighted by atomic mass is 32.1. The number of anilines is 1. The van der Waals surface area contributed by atoms with Crippen LogP contribution in [0, 0.1) is 11.8 Å². The largest absolute Gasteiger partial charge is 0.550 e. The molecule has 1 heterocycles. The van der Waals surface area contributed by atoms with Gasteiger partial charge in [0.1, 0.15) is 10.6 Å². The van der Waals surface area contributed by atoms with Gasteiger partial charge in [-0.05, 0) is 18.4 Å². The van der Waals surface area contributed by atoms with Gasteiger partial charge in [0.25, 0.3) is 0 Å². The van der Waals surface area contributed by atoms with Crippen molar-refractivity contribution >= 4 is 34.2 Å². The molecular weight excluding hydrogens is 366 g/mol. The number of amides is 1. The van der Waals surface area contributed by atoms with E-state index in [9.17, 15) is 19.5 Å². The van der Waals surface area contributed by atoms with Crippen LogP contribution in [0.5, 0.6) is 0 Å². The highest BCUT2D eigenvalue weighted by molar-refractivity contribution is 7.15. The van der Waals surface area contributed by atoms with Gasteiger partial charge in [0.05, 0.1) is 7.11 Å². The van der Waals surface area contributed by atoms with E-state index in [2.05, 4.69) is 5.32 Å². The average Bonchev–Trinajstić information content (AvgIpc) is 3.11. The lowest BCUT2D eigenvalue weighted by Gasteiger charge is -2.31. The summed E-state index contributed by atoms with van der Waals surface area (Å²) < 4.78 is 4.90. The summed E-state index contributed by atoms with van der Waals surface area (Å²) in [5.41, 5.74) is 1.78. The summed E-state index contributed by atoms with van der Waals surface area (Å²) in [6.07, 6.45) is 2.50. The minimum absolute atomic E-state index is 0.280. The topological polar surface area (TPSA) is 95.5 Å². The summed E-state index contributed by atoms with van der Waals surface area (Å²) in [6.45, 7) is 0. The Bertz CT molecular complexity index is 845. The standard InChI is InChI=1S/C20H21NO5S/c1-26-20(25)16-15(12-7-3-2-4-8-12)11-27-18(16)21-17(22)13-9-5-6-10-14(13)19(23)24/h2-4,7-8,11,13-14H,5-6,9-10H2,1H3,(H,21,22)(H,23,24)/p-1/t13-,14-/m1/s1. The molecule has 1 aromatic carbocycles. The normalized spacial score (nSPS) is 19.3. The highest BCUT2D eigenvalue weighted by Crippen LogP contribution is 2.37. The Morgan fingerprint density at radius 2 is 1.78 bits per heavy atom. The van der Waals surface area contributed by atoms with Crippen molar-refractivity contribution in [3.8, 4) is 11.1 Å². The van der Waals surface area contributed by atoms with Gasteiger partial charge in [-0.2, -0.15) is 0 Å². The molecular formula is C20H20NO5S-. The minimum Gasteiger partial charge on any atom is -0.550 e. The van der Waals surface area contributed by atoms with E-state index in [0.29, 0.717) is 23.4 Å². The maximum Gasteiger partial charge on any atom is 0.341 e. The quantitative estimate of drug-likeness (QED) is 0.797. The maximum atomic E-state index is 12.7. The third-order valence-corrected chi connectivity index (χ3v) is 5.80. The number of thiophene rings is 1. The second-order valence-electron chi connectivity index (χ2n) is 6.52. The molecule has 0 radical (unpaired) electrons. The number of hydrogen-bond donors (Lipinski definition) is 1. The third-order valence-electron chi connectivity index (χ3n) is 4.91. The van der Waals surface area contributed by atoms with E-state index < -0.39 is 29.7 Å². The molecule has 0 spiro atoms. The molecule has 1 N–H and O–H groups in total. The van der Waals surface area contributed by atoms with Crippen molar-refractivity contribution in [3.05, 3.63) is 41.3 Å². The van der Waals surface area contributed by atoms with Gasteiger partial charge in [-0.25, -0.2) is 4.79 Å². The number of aliphatic carboxylic acids is 1. The number of esters is 1. The lowest BCUT2D eigenvalue weighted by Crippen LogP contribution is -2.42. The van der Waals surface area contributed by atoms with Gasteiger partial charge in [0.2, 0.25) is 5.91 Å². The van der Waals surface area contributed by atoms with Crippen molar-refractivity contribution in [1.29, 1.82) is 0 Å². The van der Waals surface area contributed by atoms with Gasteiger partial charge in [-0.1, -0.05) is 43.2 Å². The molecule has 1 fully saturated rings. The van der Waals surface area contributed by atoms with Gasteiger partial charge in [0, 0.05) is 28.7 Å². The second-order valence-corrected chi connectivity index (χ2v) is 7.40. The van der Waals surface area contributed by atoms with Crippen molar-refractivity contribution in [3.63, 3.8) is 0 Å². The number of ether oxygens (including phenoxy) is 1. The number of nitrogens with one attached hydrogen (secondary N) is 1. The summed E-state index contributed by atoms with van der Waals surface area (Å²) in [5, 5.41) is 16.3. The number of benzene rings is 1. The van der Waals surface area contributed by atoms with E-state index in [-0.39, 0.29) is 5.56 Å². The van der Waals surface area contributed by atoms with Crippen molar-refractivity contribution in [2.45, 2.75) is 25.7 Å². The number of carbonyl (C=O) groups excluding carboxylic acids is 3. The van der Waals surface area contributed by atoms with E-state index in [1.165, 1.54) is 18.4 Å². The molecule has 0 aliphatic heterocycles. The van der Waals surface area contributed by atoms with Gasteiger partial charge < -0.3 is 20.0 Å². The Balaban J connectivity index is 1.90. The molecule has 2 aromatic rings. The number of carboxylic acid groups (broad SMARTS) is 1. The van der Waals surface area contributed by atoms with E-state index in [1.807, 2.05) is 30.3 Å². The summed E-state index contributed by atoms with van der Waals surface area (Å²) in [4.78, 5) is 36.5. The lowest BCUT2D eigenvalue weighted by molar-refractivity contribution is -0.313. The van der Waals surface area contributed by atoms with Crippen LogP contribution in [0.2, 0.25) is 0 Å². The molecule has 1 aliphatic carbocycles. The molecule has 0 bridgehead atoms. The molecule has 1 aliphatic rings. The number of rotatable bonds is 5. The first-order chi connectivity index (χ1) is 13.0. The molecule has 1 aromatic heterocycles. The molecule has 6 nitrogen and oxygen atoms in total. The van der Waals surface area contributed by atoms with E-state index in [0.717, 1.165) is 18.4 Å². The lowest BCUT2D eigenvalue weighted by atomic mass is 9.79. The predicted octanol–water partition coefficient (Wildman–Crippen LogP) is 2.70. The molecule has 27 heavy (non-hydrogen) atoms. The first-order valence-corrected chi connectivity index (χ1v) is 9.67. The molecule has 0 unspecified atom stereocenters. The minimum atomic E-state index is -1.20. The molecule has 1 saturated carbocycles. The SMILES string of the molecule is COC(=O)c1c(-c2ccccc2)csc1NC(=O)[C@@H]1CCCC[C@H]1C(=O)[O-]. The van der Waals surface area contributed by atoms with Crippen LogP contribution in [0.4, 0.5) is 5.00 Å². The maximum absolute atomic E-state index is 12.7. The number of methoxy groups -OCH3 is 1. The van der Waals surface area contributed by atoms with Gasteiger partial charge >= 0.3 is 5.97 Å².